The van der Waals surface area contributed by atoms with Crippen LogP contribution in [0.1, 0.15) is 5.56 Å². The number of hydrogen-bond donors (Lipinski definition) is 1. The Balaban J connectivity index is 3.06. The lowest BCUT2D eigenvalue weighted by atomic mass is 10.2. The zero-order chi connectivity index (χ0) is 12.1. The van der Waals surface area contributed by atoms with E-state index in [4.69, 9.17) is 38.4 Å². The van der Waals surface area contributed by atoms with Crippen LogP contribution in [0.15, 0.2) is 23.7 Å². The van der Waals surface area contributed by atoms with Crippen LogP contribution in [0.2, 0.25) is 5.02 Å². The first kappa shape index (κ1) is 13.2. The molecule has 0 spiro atoms. The molecule has 0 radical (unpaired) electrons. The van der Waals surface area contributed by atoms with Gasteiger partial charge in [0.2, 0.25) is 0 Å². The largest absolute Gasteiger partial charge is 0.493 e. The number of rotatable bonds is 5. The molecule has 1 rings (SSSR count). The van der Waals surface area contributed by atoms with Crippen LogP contribution in [0.4, 0.5) is 0 Å². The van der Waals surface area contributed by atoms with Crippen molar-refractivity contribution in [2.24, 2.45) is 5.73 Å². The molecule has 1 aromatic rings. The molecule has 0 aliphatic heterocycles. The van der Waals surface area contributed by atoms with Crippen molar-refractivity contribution < 1.29 is 9.47 Å². The zero-order valence-electron chi connectivity index (χ0n) is 8.93. The fraction of sp³-hybridized carbons (Fsp3) is 0.273. The molecule has 88 valence electrons. The van der Waals surface area contributed by atoms with Gasteiger partial charge in [0.25, 0.3) is 0 Å². The van der Waals surface area contributed by atoms with E-state index in [-0.39, 0.29) is 6.61 Å². The van der Waals surface area contributed by atoms with Crippen molar-refractivity contribution in [2.45, 2.75) is 6.54 Å². The molecule has 0 bridgehead atoms. The Bertz CT molecular complexity index is 369. The summed E-state index contributed by atoms with van der Waals surface area (Å²) in [5.41, 5.74) is 6.37. The van der Waals surface area contributed by atoms with Crippen LogP contribution in [-0.4, -0.2) is 13.7 Å². The second kappa shape index (κ2) is 5.99. The van der Waals surface area contributed by atoms with Crippen LogP contribution in [0.25, 0.3) is 0 Å². The topological polar surface area (TPSA) is 44.5 Å². The van der Waals surface area contributed by atoms with Gasteiger partial charge in [0.1, 0.15) is 6.61 Å². The first-order valence-corrected chi connectivity index (χ1v) is 5.36. The van der Waals surface area contributed by atoms with Gasteiger partial charge in [-0.2, -0.15) is 0 Å². The molecular formula is C11H13Cl2NO2. The maximum Gasteiger partial charge on any atom is 0.166 e. The highest BCUT2D eigenvalue weighted by Crippen LogP contribution is 2.34. The summed E-state index contributed by atoms with van der Waals surface area (Å²) < 4.78 is 10.6. The van der Waals surface area contributed by atoms with E-state index in [1.807, 2.05) is 0 Å². The van der Waals surface area contributed by atoms with Gasteiger partial charge in [-0.05, 0) is 6.07 Å². The van der Waals surface area contributed by atoms with Gasteiger partial charge in [0.05, 0.1) is 7.11 Å². The van der Waals surface area contributed by atoms with Crippen LogP contribution in [-0.2, 0) is 6.54 Å². The Morgan fingerprint density at radius 3 is 2.69 bits per heavy atom. The molecule has 0 heterocycles. The van der Waals surface area contributed by atoms with E-state index in [9.17, 15) is 0 Å². The Morgan fingerprint density at radius 1 is 1.50 bits per heavy atom. The molecule has 2 N–H and O–H groups in total. The summed E-state index contributed by atoms with van der Waals surface area (Å²) in [6.45, 7) is 4.05. The number of halogens is 2. The van der Waals surface area contributed by atoms with Crippen LogP contribution >= 0.6 is 23.2 Å². The highest BCUT2D eigenvalue weighted by Gasteiger charge is 2.11. The SMILES string of the molecule is C=C(Cl)COc1c(CN)cc(Cl)cc1OC. The van der Waals surface area contributed by atoms with Crippen LogP contribution in [0.3, 0.4) is 0 Å². The molecule has 0 saturated carbocycles. The average Bonchev–Trinajstić information content (AvgIpc) is 2.25. The molecule has 16 heavy (non-hydrogen) atoms. The summed E-state index contributed by atoms with van der Waals surface area (Å²) in [4.78, 5) is 0. The first-order valence-electron chi connectivity index (χ1n) is 4.61. The fourth-order valence-electron chi connectivity index (χ4n) is 1.24. The minimum atomic E-state index is 0.201. The fourth-order valence-corrected chi connectivity index (χ4v) is 1.53. The number of ether oxygens (including phenoxy) is 2. The maximum atomic E-state index is 5.91. The summed E-state index contributed by atoms with van der Waals surface area (Å²) in [5.74, 6) is 1.09. The van der Waals surface area contributed by atoms with Gasteiger partial charge in [-0.1, -0.05) is 29.8 Å². The molecule has 1 aromatic carbocycles. The molecule has 5 heteroatoms. The quantitative estimate of drug-likeness (QED) is 0.887. The monoisotopic (exact) mass is 261 g/mol. The summed E-state index contributed by atoms with van der Waals surface area (Å²) >= 11 is 11.5. The summed E-state index contributed by atoms with van der Waals surface area (Å²) in [5, 5.41) is 0.953. The van der Waals surface area contributed by atoms with Gasteiger partial charge in [0, 0.05) is 28.2 Å². The van der Waals surface area contributed by atoms with Crippen LogP contribution in [0.5, 0.6) is 11.5 Å². The molecule has 3 nitrogen and oxygen atoms in total. The third-order valence-corrected chi connectivity index (χ3v) is 2.24. The van der Waals surface area contributed by atoms with Gasteiger partial charge in [-0.25, -0.2) is 0 Å². The molecule has 0 atom stereocenters. The number of methoxy groups -OCH3 is 1. The van der Waals surface area contributed by atoms with Gasteiger partial charge in [-0.15, -0.1) is 0 Å². The second-order valence-corrected chi connectivity index (χ2v) is 4.08. The third-order valence-electron chi connectivity index (χ3n) is 1.91. The van der Waals surface area contributed by atoms with Gasteiger partial charge < -0.3 is 15.2 Å². The molecule has 0 unspecified atom stereocenters. The highest BCUT2D eigenvalue weighted by molar-refractivity contribution is 6.31. The first-order chi connectivity index (χ1) is 7.58. The predicted molar refractivity (Wildman–Crippen MR) is 66.4 cm³/mol. The average molecular weight is 262 g/mol. The standard InChI is InChI=1S/C11H13Cl2NO2/c1-7(12)6-16-11-8(5-14)3-9(13)4-10(11)15-2/h3-4H,1,5-6,14H2,2H3. The van der Waals surface area contributed by atoms with Gasteiger partial charge in [-0.3, -0.25) is 0 Å². The number of hydrogen-bond acceptors (Lipinski definition) is 3. The molecule has 0 aromatic heterocycles. The highest BCUT2D eigenvalue weighted by atomic mass is 35.5. The van der Waals surface area contributed by atoms with Gasteiger partial charge >= 0.3 is 0 Å². The van der Waals surface area contributed by atoms with Crippen molar-refractivity contribution in [2.75, 3.05) is 13.7 Å². The Hall–Kier alpha value is -0.900. The van der Waals surface area contributed by atoms with E-state index in [1.54, 1.807) is 12.1 Å². The van der Waals surface area contributed by atoms with E-state index in [1.165, 1.54) is 7.11 Å². The normalized spacial score (nSPS) is 10.0. The van der Waals surface area contributed by atoms with Crippen molar-refractivity contribution >= 4 is 23.2 Å². The molecule has 0 fully saturated rings. The molecule has 0 saturated heterocycles. The van der Waals surface area contributed by atoms with Crippen molar-refractivity contribution in [1.29, 1.82) is 0 Å². The van der Waals surface area contributed by atoms with Crippen molar-refractivity contribution in [3.63, 3.8) is 0 Å². The number of benzene rings is 1. The minimum absolute atomic E-state index is 0.201. The second-order valence-electron chi connectivity index (χ2n) is 3.11. The predicted octanol–water partition coefficient (Wildman–Crippen LogP) is 2.94. The molecule has 0 aliphatic rings. The third kappa shape index (κ3) is 3.30. The van der Waals surface area contributed by atoms with E-state index in [0.29, 0.717) is 28.1 Å². The van der Waals surface area contributed by atoms with E-state index < -0.39 is 0 Å². The summed E-state index contributed by atoms with van der Waals surface area (Å²) in [7, 11) is 1.54. The lowest BCUT2D eigenvalue weighted by Gasteiger charge is -2.14. The van der Waals surface area contributed by atoms with Gasteiger partial charge in [0.15, 0.2) is 11.5 Å². The van der Waals surface area contributed by atoms with Crippen LogP contribution < -0.4 is 15.2 Å². The summed E-state index contributed by atoms with van der Waals surface area (Å²) in [6, 6.07) is 3.39. The van der Waals surface area contributed by atoms with E-state index >= 15 is 0 Å². The Kier molecular flexibility index (Phi) is 4.93. The number of nitrogens with two attached hydrogens (primary N) is 1. The van der Waals surface area contributed by atoms with E-state index in [2.05, 4.69) is 6.58 Å². The Morgan fingerprint density at radius 2 is 2.19 bits per heavy atom. The molecule has 0 aliphatic carbocycles. The molecular weight excluding hydrogens is 249 g/mol. The van der Waals surface area contributed by atoms with Crippen molar-refractivity contribution in [3.8, 4) is 11.5 Å². The van der Waals surface area contributed by atoms with E-state index in [0.717, 1.165) is 5.56 Å². The van der Waals surface area contributed by atoms with Crippen molar-refractivity contribution in [1.82, 2.24) is 0 Å². The Labute approximate surface area is 105 Å². The lowest BCUT2D eigenvalue weighted by molar-refractivity contribution is 0.321. The zero-order valence-corrected chi connectivity index (χ0v) is 10.4. The van der Waals surface area contributed by atoms with Crippen molar-refractivity contribution in [3.05, 3.63) is 34.3 Å². The maximum absolute atomic E-state index is 5.91. The van der Waals surface area contributed by atoms with Crippen LogP contribution in [0, 0.1) is 0 Å². The minimum Gasteiger partial charge on any atom is -0.493 e. The molecule has 0 amide bonds. The summed E-state index contributed by atoms with van der Waals surface area (Å²) in [6.07, 6.45) is 0. The lowest BCUT2D eigenvalue weighted by Crippen LogP contribution is -2.05. The smallest absolute Gasteiger partial charge is 0.166 e.